The van der Waals surface area contributed by atoms with E-state index in [1.54, 1.807) is 31.2 Å². The summed E-state index contributed by atoms with van der Waals surface area (Å²) in [6, 6.07) is 4.84. The molecule has 2 N–H and O–H groups in total. The molecule has 0 bridgehead atoms. The maximum Gasteiger partial charge on any atom is 0.244 e. The molecule has 0 fully saturated rings. The molecule has 1 aromatic heterocycles. The lowest BCUT2D eigenvalue weighted by atomic mass is 10.1. The van der Waals surface area contributed by atoms with Crippen molar-refractivity contribution < 1.29 is 22.5 Å². The lowest BCUT2D eigenvalue weighted by Crippen LogP contribution is -2.26. The fraction of sp³-hybridized carbons (Fsp3) is 0.400. The van der Waals surface area contributed by atoms with Crippen LogP contribution in [0.25, 0.3) is 12.2 Å². The Balaban J connectivity index is 2.31. The molecule has 2 rings (SSSR count). The van der Waals surface area contributed by atoms with Gasteiger partial charge in [-0.15, -0.1) is 0 Å². The number of methoxy groups -OCH3 is 1. The van der Waals surface area contributed by atoms with Gasteiger partial charge in [-0.25, -0.2) is 13.1 Å². The second-order valence-corrected chi connectivity index (χ2v) is 8.75. The van der Waals surface area contributed by atoms with Crippen LogP contribution in [-0.2, 0) is 14.8 Å². The van der Waals surface area contributed by atoms with Gasteiger partial charge in [0.05, 0.1) is 7.11 Å². The van der Waals surface area contributed by atoms with Gasteiger partial charge in [-0.3, -0.25) is 4.79 Å². The van der Waals surface area contributed by atoms with Crippen LogP contribution in [0.3, 0.4) is 0 Å². The number of hydrogen-bond donors (Lipinski definition) is 2. The molecule has 29 heavy (non-hydrogen) atoms. The zero-order valence-corrected chi connectivity index (χ0v) is 18.1. The number of nitrogens with zero attached hydrogens (tertiary/aromatic N) is 1. The van der Waals surface area contributed by atoms with E-state index in [1.165, 1.54) is 20.1 Å². The van der Waals surface area contributed by atoms with Crippen molar-refractivity contribution in [2.45, 2.75) is 39.0 Å². The van der Waals surface area contributed by atoms with E-state index in [2.05, 4.69) is 15.2 Å². The van der Waals surface area contributed by atoms with Crippen LogP contribution in [0.15, 0.2) is 27.6 Å². The Morgan fingerprint density at radius 2 is 2.03 bits per heavy atom. The highest BCUT2D eigenvalue weighted by molar-refractivity contribution is 7.89. The number of sulfonamides is 1. The molecule has 1 heterocycles. The molecule has 158 valence electrons. The first kappa shape index (κ1) is 22.6. The van der Waals surface area contributed by atoms with E-state index in [4.69, 9.17) is 9.26 Å². The maximum atomic E-state index is 12.7. The predicted octanol–water partition coefficient (Wildman–Crippen LogP) is 3.44. The van der Waals surface area contributed by atoms with Gasteiger partial charge in [-0.2, -0.15) is 0 Å². The Kier molecular flexibility index (Phi) is 7.58. The molecule has 2 aromatic rings. The summed E-state index contributed by atoms with van der Waals surface area (Å²) >= 11 is 0. The van der Waals surface area contributed by atoms with E-state index in [9.17, 15) is 13.2 Å². The van der Waals surface area contributed by atoms with Crippen LogP contribution in [-0.4, -0.2) is 33.1 Å². The minimum Gasteiger partial charge on any atom is -0.495 e. The Labute approximate surface area is 171 Å². The highest BCUT2D eigenvalue weighted by atomic mass is 32.2. The summed E-state index contributed by atoms with van der Waals surface area (Å²) < 4.78 is 38.5. The number of nitrogens with one attached hydrogen (secondary N) is 2. The van der Waals surface area contributed by atoms with Crippen LogP contribution in [0, 0.1) is 12.8 Å². The van der Waals surface area contributed by atoms with Crippen molar-refractivity contribution in [3.05, 3.63) is 35.2 Å². The zero-order valence-electron chi connectivity index (χ0n) is 17.3. The molecule has 0 aliphatic carbocycles. The number of benzene rings is 1. The normalized spacial score (nSPS) is 11.9. The molecule has 1 aromatic carbocycles. The number of aromatic nitrogens is 1. The van der Waals surface area contributed by atoms with Crippen molar-refractivity contribution in [2.24, 2.45) is 5.92 Å². The summed E-state index contributed by atoms with van der Waals surface area (Å²) in [5, 5.41) is 6.52. The van der Waals surface area contributed by atoms with Gasteiger partial charge in [0, 0.05) is 13.5 Å². The minimum atomic E-state index is -3.73. The summed E-state index contributed by atoms with van der Waals surface area (Å²) in [4.78, 5) is 11.4. The van der Waals surface area contributed by atoms with Crippen molar-refractivity contribution in [1.29, 1.82) is 0 Å². The Morgan fingerprint density at radius 3 is 2.66 bits per heavy atom. The van der Waals surface area contributed by atoms with Gasteiger partial charge in [0.15, 0.2) is 5.76 Å². The Morgan fingerprint density at radius 1 is 1.31 bits per heavy atom. The molecule has 8 nitrogen and oxygen atoms in total. The molecule has 0 aliphatic heterocycles. The van der Waals surface area contributed by atoms with E-state index in [1.807, 2.05) is 13.8 Å². The number of carbonyl (C=O) groups is 1. The number of amides is 1. The molecule has 9 heteroatoms. The average molecular weight is 422 g/mol. The van der Waals surface area contributed by atoms with Gasteiger partial charge in [0.1, 0.15) is 22.0 Å². The molecular formula is C20H27N3O5S. The minimum absolute atomic E-state index is 0.0572. The lowest BCUT2D eigenvalue weighted by molar-refractivity contribution is -0.114. The van der Waals surface area contributed by atoms with Crippen LogP contribution in [0.1, 0.15) is 44.2 Å². The monoisotopic (exact) mass is 421 g/mol. The SMILES string of the molecule is COc1ccc(/C=C\c2onc(C)c2NC(C)=O)cc1S(=O)(=O)NCCC(C)C. The van der Waals surface area contributed by atoms with E-state index in [-0.39, 0.29) is 16.6 Å². The van der Waals surface area contributed by atoms with E-state index in [0.29, 0.717) is 35.2 Å². The number of hydrogen-bond acceptors (Lipinski definition) is 6. The zero-order chi connectivity index (χ0) is 21.6. The van der Waals surface area contributed by atoms with Crippen LogP contribution in [0.2, 0.25) is 0 Å². The summed E-state index contributed by atoms with van der Waals surface area (Å²) in [6.07, 6.45) is 4.03. The molecule has 0 atom stereocenters. The highest BCUT2D eigenvalue weighted by Crippen LogP contribution is 2.27. The number of ether oxygens (including phenoxy) is 1. The Bertz CT molecular complexity index is 994. The number of rotatable bonds is 9. The molecule has 0 saturated heterocycles. The third-order valence-electron chi connectivity index (χ3n) is 4.11. The quantitative estimate of drug-likeness (QED) is 0.642. The summed E-state index contributed by atoms with van der Waals surface area (Å²) in [6.45, 7) is 7.52. The van der Waals surface area contributed by atoms with Crippen molar-refractivity contribution >= 4 is 33.8 Å². The first-order chi connectivity index (χ1) is 13.6. The molecule has 0 saturated carbocycles. The van der Waals surface area contributed by atoms with Crippen molar-refractivity contribution in [3.63, 3.8) is 0 Å². The van der Waals surface area contributed by atoms with Gasteiger partial charge >= 0.3 is 0 Å². The van der Waals surface area contributed by atoms with Crippen LogP contribution >= 0.6 is 0 Å². The largest absolute Gasteiger partial charge is 0.495 e. The summed E-state index contributed by atoms with van der Waals surface area (Å²) in [5.41, 5.74) is 1.65. The molecule has 0 radical (unpaired) electrons. The molecule has 0 spiro atoms. The molecule has 0 aliphatic rings. The third-order valence-corrected chi connectivity index (χ3v) is 5.59. The smallest absolute Gasteiger partial charge is 0.244 e. The second kappa shape index (κ2) is 9.71. The van der Waals surface area contributed by atoms with E-state index >= 15 is 0 Å². The van der Waals surface area contributed by atoms with Gasteiger partial charge in [0.2, 0.25) is 15.9 Å². The van der Waals surface area contributed by atoms with Crippen molar-refractivity contribution in [2.75, 3.05) is 19.0 Å². The molecule has 0 unspecified atom stereocenters. The van der Waals surface area contributed by atoms with Crippen molar-refractivity contribution in [3.8, 4) is 5.75 Å². The average Bonchev–Trinajstić information content (AvgIpc) is 2.98. The van der Waals surface area contributed by atoms with Gasteiger partial charge in [0.25, 0.3) is 0 Å². The maximum absolute atomic E-state index is 12.7. The molecule has 1 amide bonds. The van der Waals surface area contributed by atoms with Gasteiger partial charge in [-0.1, -0.05) is 31.1 Å². The van der Waals surface area contributed by atoms with Crippen molar-refractivity contribution in [1.82, 2.24) is 9.88 Å². The fourth-order valence-corrected chi connectivity index (χ4v) is 3.82. The topological polar surface area (TPSA) is 111 Å². The predicted molar refractivity (Wildman–Crippen MR) is 112 cm³/mol. The molecular weight excluding hydrogens is 394 g/mol. The van der Waals surface area contributed by atoms with E-state index < -0.39 is 10.0 Å². The fourth-order valence-electron chi connectivity index (χ4n) is 2.57. The summed E-state index contributed by atoms with van der Waals surface area (Å²) in [7, 11) is -2.30. The highest BCUT2D eigenvalue weighted by Gasteiger charge is 2.20. The number of carbonyl (C=O) groups excluding carboxylic acids is 1. The van der Waals surface area contributed by atoms with Gasteiger partial charge < -0.3 is 14.6 Å². The summed E-state index contributed by atoms with van der Waals surface area (Å²) in [5.74, 6) is 0.773. The van der Waals surface area contributed by atoms with Crippen LogP contribution in [0.5, 0.6) is 5.75 Å². The van der Waals surface area contributed by atoms with Crippen LogP contribution < -0.4 is 14.8 Å². The first-order valence-corrected chi connectivity index (χ1v) is 10.7. The first-order valence-electron chi connectivity index (χ1n) is 9.23. The number of aryl methyl sites for hydroxylation is 1. The van der Waals surface area contributed by atoms with E-state index in [0.717, 1.165) is 6.42 Å². The Hall–Kier alpha value is -2.65. The van der Waals surface area contributed by atoms with Gasteiger partial charge in [-0.05, 0) is 43.0 Å². The lowest BCUT2D eigenvalue weighted by Gasteiger charge is -2.12. The number of anilines is 1. The second-order valence-electron chi connectivity index (χ2n) is 7.01. The third kappa shape index (κ3) is 6.16. The van der Waals surface area contributed by atoms with Crippen LogP contribution in [0.4, 0.5) is 5.69 Å². The standard InChI is InChI=1S/C20H27N3O5S/c1-13(2)10-11-21-29(25,26)19-12-16(6-8-17(19)27-5)7-9-18-20(22-15(4)24)14(3)23-28-18/h6-9,12-13,21H,10-11H2,1-5H3,(H,22,24)/b9-7-.